The monoisotopic (exact) mass is 318 g/mol. The van der Waals surface area contributed by atoms with Gasteiger partial charge < -0.3 is 10.6 Å². The summed E-state index contributed by atoms with van der Waals surface area (Å²) in [5, 5.41) is 6.22. The molecule has 0 bridgehead atoms. The van der Waals surface area contributed by atoms with Gasteiger partial charge in [0.25, 0.3) is 0 Å². The maximum Gasteiger partial charge on any atom is 0.232 e. The summed E-state index contributed by atoms with van der Waals surface area (Å²) in [4.78, 5) is 12.6. The molecule has 2 N–H and O–H groups in total. The van der Waals surface area contributed by atoms with Crippen molar-refractivity contribution in [1.29, 1.82) is 0 Å². The molecule has 0 saturated heterocycles. The molecule has 0 radical (unpaired) electrons. The Balaban J connectivity index is 0.00000242. The molecule has 0 unspecified atom stereocenters. The van der Waals surface area contributed by atoms with Crippen LogP contribution in [0.15, 0.2) is 60.7 Å². The van der Waals surface area contributed by atoms with Crippen molar-refractivity contribution in [3.8, 4) is 0 Å². The second-order valence-corrected chi connectivity index (χ2v) is 4.90. The molecule has 2 aromatic carbocycles. The third-order valence-corrected chi connectivity index (χ3v) is 3.38. The van der Waals surface area contributed by atoms with Crippen molar-refractivity contribution in [2.75, 3.05) is 19.6 Å². The van der Waals surface area contributed by atoms with Crippen LogP contribution in [0, 0.1) is 0 Å². The van der Waals surface area contributed by atoms with Crippen molar-refractivity contribution in [2.45, 2.75) is 12.8 Å². The molecule has 4 heteroatoms. The van der Waals surface area contributed by atoms with Crippen LogP contribution in [-0.2, 0) is 4.79 Å². The number of rotatable bonds is 7. The van der Waals surface area contributed by atoms with E-state index < -0.39 is 0 Å². The van der Waals surface area contributed by atoms with Crippen LogP contribution in [-0.4, -0.2) is 25.5 Å². The van der Waals surface area contributed by atoms with Gasteiger partial charge >= 0.3 is 0 Å². The van der Waals surface area contributed by atoms with Crippen molar-refractivity contribution in [2.24, 2.45) is 0 Å². The van der Waals surface area contributed by atoms with E-state index in [4.69, 9.17) is 0 Å². The number of benzene rings is 2. The summed E-state index contributed by atoms with van der Waals surface area (Å²) in [6.45, 7) is 4.40. The number of carbonyl (C=O) groups is 1. The Morgan fingerprint density at radius 2 is 1.41 bits per heavy atom. The Morgan fingerprint density at radius 1 is 0.909 bits per heavy atom. The van der Waals surface area contributed by atoms with Crippen molar-refractivity contribution in [1.82, 2.24) is 10.6 Å². The van der Waals surface area contributed by atoms with Gasteiger partial charge in [0.05, 0.1) is 5.92 Å². The zero-order valence-electron chi connectivity index (χ0n) is 12.8. The van der Waals surface area contributed by atoms with Gasteiger partial charge in [-0.15, -0.1) is 12.4 Å². The van der Waals surface area contributed by atoms with E-state index in [-0.39, 0.29) is 24.2 Å². The highest BCUT2D eigenvalue weighted by Gasteiger charge is 2.21. The Bertz CT molecular complexity index is 506. The second kappa shape index (κ2) is 9.98. The van der Waals surface area contributed by atoms with Crippen LogP contribution < -0.4 is 10.6 Å². The highest BCUT2D eigenvalue weighted by atomic mass is 35.5. The summed E-state index contributed by atoms with van der Waals surface area (Å²) >= 11 is 0. The maximum absolute atomic E-state index is 12.6. The molecule has 0 aliphatic carbocycles. The lowest BCUT2D eigenvalue weighted by molar-refractivity contribution is -0.121. The third kappa shape index (κ3) is 5.17. The SMILES string of the molecule is CCNCCNC(=O)C(c1ccccc1)c1ccccc1.Cl. The summed E-state index contributed by atoms with van der Waals surface area (Å²) in [6.07, 6.45) is 0. The molecule has 0 aromatic heterocycles. The maximum atomic E-state index is 12.6. The average Bonchev–Trinajstić information content (AvgIpc) is 2.54. The number of likely N-dealkylation sites (N-methyl/N-ethyl adjacent to an activating group) is 1. The molecular formula is C18H23ClN2O. The highest BCUT2D eigenvalue weighted by molar-refractivity contribution is 5.87. The Morgan fingerprint density at radius 3 is 1.86 bits per heavy atom. The lowest BCUT2D eigenvalue weighted by Gasteiger charge is -2.18. The first kappa shape index (κ1) is 18.2. The van der Waals surface area contributed by atoms with Gasteiger partial charge in [-0.05, 0) is 17.7 Å². The van der Waals surface area contributed by atoms with Crippen LogP contribution >= 0.6 is 12.4 Å². The smallest absolute Gasteiger partial charge is 0.232 e. The molecule has 22 heavy (non-hydrogen) atoms. The first-order valence-electron chi connectivity index (χ1n) is 7.41. The van der Waals surface area contributed by atoms with Crippen LogP contribution in [0.25, 0.3) is 0 Å². The largest absolute Gasteiger partial charge is 0.354 e. The van der Waals surface area contributed by atoms with Gasteiger partial charge in [-0.2, -0.15) is 0 Å². The van der Waals surface area contributed by atoms with Crippen molar-refractivity contribution >= 4 is 18.3 Å². The summed E-state index contributed by atoms with van der Waals surface area (Å²) in [6, 6.07) is 19.8. The van der Waals surface area contributed by atoms with Crippen LogP contribution in [0.3, 0.4) is 0 Å². The molecule has 118 valence electrons. The van der Waals surface area contributed by atoms with Crippen LogP contribution in [0.2, 0.25) is 0 Å². The molecule has 0 aliphatic rings. The fraction of sp³-hybridized carbons (Fsp3) is 0.278. The van der Waals surface area contributed by atoms with E-state index in [0.29, 0.717) is 6.54 Å². The number of amides is 1. The van der Waals surface area contributed by atoms with Gasteiger partial charge in [-0.25, -0.2) is 0 Å². The predicted octanol–water partition coefficient (Wildman–Crippen LogP) is 2.97. The third-order valence-electron chi connectivity index (χ3n) is 3.38. The first-order chi connectivity index (χ1) is 10.3. The zero-order chi connectivity index (χ0) is 14.9. The minimum atomic E-state index is -0.256. The van der Waals surface area contributed by atoms with E-state index in [1.807, 2.05) is 60.7 Å². The molecule has 2 aromatic rings. The van der Waals surface area contributed by atoms with Gasteiger partial charge in [0.2, 0.25) is 5.91 Å². The standard InChI is InChI=1S/C18H22N2O.ClH/c1-2-19-13-14-20-18(21)17(15-9-5-3-6-10-15)16-11-7-4-8-12-16;/h3-12,17,19H,2,13-14H2,1H3,(H,20,21);1H. The molecule has 0 heterocycles. The normalized spacial score (nSPS) is 10.1. The topological polar surface area (TPSA) is 41.1 Å². The molecule has 0 atom stereocenters. The molecule has 0 saturated carbocycles. The van der Waals surface area contributed by atoms with Gasteiger partial charge in [0.15, 0.2) is 0 Å². The van der Waals surface area contributed by atoms with E-state index in [9.17, 15) is 4.79 Å². The number of nitrogens with one attached hydrogen (secondary N) is 2. The minimum Gasteiger partial charge on any atom is -0.354 e. The Kier molecular flexibility index (Phi) is 8.26. The van der Waals surface area contributed by atoms with Crippen LogP contribution in [0.4, 0.5) is 0 Å². The highest BCUT2D eigenvalue weighted by Crippen LogP contribution is 2.24. The van der Waals surface area contributed by atoms with E-state index in [2.05, 4.69) is 17.6 Å². The lowest BCUT2D eigenvalue weighted by Crippen LogP contribution is -2.35. The number of hydrogen-bond acceptors (Lipinski definition) is 2. The predicted molar refractivity (Wildman–Crippen MR) is 93.5 cm³/mol. The Hall–Kier alpha value is -1.84. The quantitative estimate of drug-likeness (QED) is 0.771. The van der Waals surface area contributed by atoms with Crippen LogP contribution in [0.5, 0.6) is 0 Å². The molecule has 0 aliphatic heterocycles. The molecule has 0 fully saturated rings. The zero-order valence-corrected chi connectivity index (χ0v) is 13.6. The van der Waals surface area contributed by atoms with E-state index >= 15 is 0 Å². The van der Waals surface area contributed by atoms with Crippen LogP contribution in [0.1, 0.15) is 24.0 Å². The van der Waals surface area contributed by atoms with Gasteiger partial charge in [-0.1, -0.05) is 67.6 Å². The molecule has 1 amide bonds. The fourth-order valence-corrected chi connectivity index (χ4v) is 2.34. The first-order valence-corrected chi connectivity index (χ1v) is 7.41. The number of carbonyl (C=O) groups excluding carboxylic acids is 1. The summed E-state index contributed by atoms with van der Waals surface area (Å²) < 4.78 is 0. The Labute approximate surface area is 138 Å². The molecular weight excluding hydrogens is 296 g/mol. The van der Waals surface area contributed by atoms with Gasteiger partial charge in [0.1, 0.15) is 0 Å². The summed E-state index contributed by atoms with van der Waals surface area (Å²) in [5.74, 6) is -0.209. The van der Waals surface area contributed by atoms with Crippen molar-refractivity contribution < 1.29 is 4.79 Å². The molecule has 3 nitrogen and oxygen atoms in total. The van der Waals surface area contributed by atoms with E-state index in [1.165, 1.54) is 0 Å². The van der Waals surface area contributed by atoms with Crippen molar-refractivity contribution in [3.63, 3.8) is 0 Å². The minimum absolute atomic E-state index is 0. The van der Waals surface area contributed by atoms with Gasteiger partial charge in [-0.3, -0.25) is 4.79 Å². The molecule has 2 rings (SSSR count). The number of halogens is 1. The summed E-state index contributed by atoms with van der Waals surface area (Å²) in [7, 11) is 0. The van der Waals surface area contributed by atoms with E-state index in [0.717, 1.165) is 24.2 Å². The van der Waals surface area contributed by atoms with Crippen molar-refractivity contribution in [3.05, 3.63) is 71.8 Å². The average molecular weight is 319 g/mol. The van der Waals surface area contributed by atoms with E-state index in [1.54, 1.807) is 0 Å². The van der Waals surface area contributed by atoms with Gasteiger partial charge in [0, 0.05) is 13.1 Å². The lowest BCUT2D eigenvalue weighted by atomic mass is 9.90. The summed E-state index contributed by atoms with van der Waals surface area (Å²) in [5.41, 5.74) is 2.04. The number of hydrogen-bond donors (Lipinski definition) is 2. The fourth-order valence-electron chi connectivity index (χ4n) is 2.34. The second-order valence-electron chi connectivity index (χ2n) is 4.90. The molecule has 0 spiro atoms.